The molecule has 0 aliphatic heterocycles. The van der Waals surface area contributed by atoms with E-state index < -0.39 is 10.0 Å². The minimum Gasteiger partial charge on any atom is -0.382 e. The van der Waals surface area contributed by atoms with Gasteiger partial charge in [0.15, 0.2) is 5.82 Å². The van der Waals surface area contributed by atoms with Crippen molar-refractivity contribution in [3.05, 3.63) is 59.9 Å². The normalized spacial score (nSPS) is 12.1. The molecule has 0 saturated carbocycles. The molecule has 2 aromatic heterocycles. The topological polar surface area (TPSA) is 103 Å². The van der Waals surface area contributed by atoms with Gasteiger partial charge in [0.05, 0.1) is 15.9 Å². The lowest BCUT2D eigenvalue weighted by Gasteiger charge is -2.12. The Balaban J connectivity index is 1.44. The van der Waals surface area contributed by atoms with Crippen molar-refractivity contribution in [3.8, 4) is 0 Å². The molecule has 3 N–H and O–H groups in total. The Morgan fingerprint density at radius 2 is 1.61 bits per heavy atom. The lowest BCUT2D eigenvalue weighted by Crippen LogP contribution is -2.25. The van der Waals surface area contributed by atoms with Crippen molar-refractivity contribution in [2.75, 3.05) is 12.3 Å². The van der Waals surface area contributed by atoms with E-state index in [1.54, 1.807) is 12.1 Å². The number of hydrogen-bond acceptors (Lipinski definition) is 5. The fourth-order valence-corrected chi connectivity index (χ4v) is 5.65. The van der Waals surface area contributed by atoms with Crippen LogP contribution in [0.5, 0.6) is 0 Å². The predicted octanol–water partition coefficient (Wildman–Crippen LogP) is 5.61. The van der Waals surface area contributed by atoms with Gasteiger partial charge in [0.2, 0.25) is 10.0 Å². The second-order valence-corrected chi connectivity index (χ2v) is 11.1. The number of aromatic nitrogens is 3. The molecule has 8 heteroatoms. The number of unbranched alkanes of at least 4 members (excludes halogenated alkanes) is 3. The van der Waals surface area contributed by atoms with Crippen molar-refractivity contribution < 1.29 is 8.42 Å². The minimum atomic E-state index is -3.52. The zero-order valence-electron chi connectivity index (χ0n) is 21.3. The summed E-state index contributed by atoms with van der Waals surface area (Å²) in [5, 5.41) is 1.04. The largest absolute Gasteiger partial charge is 0.382 e. The van der Waals surface area contributed by atoms with Crippen LogP contribution in [0, 0.1) is 0 Å². The van der Waals surface area contributed by atoms with Crippen molar-refractivity contribution in [2.45, 2.75) is 76.7 Å². The smallest absolute Gasteiger partial charge is 0.240 e. The summed E-state index contributed by atoms with van der Waals surface area (Å²) in [4.78, 5) is 9.74. The average Bonchev–Trinajstić information content (AvgIpc) is 3.25. The number of nitrogens with zero attached hydrogens (tertiary/aromatic N) is 3. The van der Waals surface area contributed by atoms with Crippen molar-refractivity contribution >= 4 is 37.8 Å². The van der Waals surface area contributed by atoms with Crippen LogP contribution in [0.2, 0.25) is 0 Å². The third-order valence-corrected chi connectivity index (χ3v) is 8.07. The molecule has 4 rings (SSSR count). The SMILES string of the molecule is CCCCc1ccc(S(=O)(=O)NCCCCn2c(CCCC)nc3c(N)nc4ccccc4c32)cc1. The van der Waals surface area contributed by atoms with Crippen molar-refractivity contribution in [2.24, 2.45) is 0 Å². The minimum absolute atomic E-state index is 0.319. The maximum atomic E-state index is 12.7. The predicted molar refractivity (Wildman–Crippen MR) is 148 cm³/mol. The zero-order chi connectivity index (χ0) is 25.5. The average molecular weight is 508 g/mol. The number of hydrogen-bond donors (Lipinski definition) is 2. The molecule has 2 aromatic carbocycles. The third-order valence-electron chi connectivity index (χ3n) is 6.60. The Hall–Kier alpha value is -2.97. The van der Waals surface area contributed by atoms with E-state index in [1.165, 1.54) is 5.56 Å². The lowest BCUT2D eigenvalue weighted by atomic mass is 10.1. The Labute approximate surface area is 214 Å². The molecule has 192 valence electrons. The number of fused-ring (bicyclic) bond motifs is 3. The van der Waals surface area contributed by atoms with Crippen LogP contribution in [-0.4, -0.2) is 29.5 Å². The van der Waals surface area contributed by atoms with Crippen LogP contribution < -0.4 is 10.5 Å². The zero-order valence-corrected chi connectivity index (χ0v) is 22.2. The van der Waals surface area contributed by atoms with Gasteiger partial charge >= 0.3 is 0 Å². The second kappa shape index (κ2) is 11.8. The number of benzene rings is 2. The highest BCUT2D eigenvalue weighted by atomic mass is 32.2. The standard InChI is InChI=1S/C28H37N5O2S/c1-3-5-11-21-15-17-22(18-16-21)36(34,35)30-19-9-10-20-33-25(14-6-4-2)32-26-27(33)23-12-7-8-13-24(23)31-28(26)29/h7-8,12-13,15-18,30H,3-6,9-11,14,19-20H2,1-2H3,(H2,29,31). The summed E-state index contributed by atoms with van der Waals surface area (Å²) in [6.07, 6.45) is 7.75. The molecule has 0 atom stereocenters. The number of nitrogen functional groups attached to an aromatic ring is 1. The van der Waals surface area contributed by atoms with Gasteiger partial charge in [-0.1, -0.05) is 57.0 Å². The van der Waals surface area contributed by atoms with Crippen molar-refractivity contribution in [1.29, 1.82) is 0 Å². The molecular weight excluding hydrogens is 470 g/mol. The molecule has 4 aromatic rings. The molecule has 0 unspecified atom stereocenters. The van der Waals surface area contributed by atoms with E-state index in [0.717, 1.165) is 85.7 Å². The molecule has 7 nitrogen and oxygen atoms in total. The summed E-state index contributed by atoms with van der Waals surface area (Å²) in [7, 11) is -3.52. The van der Waals surface area contributed by atoms with E-state index in [1.807, 2.05) is 30.3 Å². The van der Waals surface area contributed by atoms with E-state index in [-0.39, 0.29) is 0 Å². The van der Waals surface area contributed by atoms with Gasteiger partial charge in [0, 0.05) is 24.9 Å². The van der Waals surface area contributed by atoms with Gasteiger partial charge in [0.25, 0.3) is 0 Å². The van der Waals surface area contributed by atoms with E-state index in [9.17, 15) is 8.42 Å². The van der Waals surface area contributed by atoms with Gasteiger partial charge in [-0.2, -0.15) is 0 Å². The van der Waals surface area contributed by atoms with Crippen LogP contribution in [0.1, 0.15) is 63.8 Å². The molecule has 36 heavy (non-hydrogen) atoms. The molecule has 0 aliphatic carbocycles. The van der Waals surface area contributed by atoms with E-state index in [0.29, 0.717) is 17.3 Å². The molecule has 2 heterocycles. The Morgan fingerprint density at radius 1 is 0.889 bits per heavy atom. The first kappa shape index (κ1) is 26.1. The summed E-state index contributed by atoms with van der Waals surface area (Å²) >= 11 is 0. The first-order valence-electron chi connectivity index (χ1n) is 13.1. The number of para-hydroxylation sites is 1. The maximum Gasteiger partial charge on any atom is 0.240 e. The van der Waals surface area contributed by atoms with Crippen LogP contribution in [0.4, 0.5) is 5.82 Å². The highest BCUT2D eigenvalue weighted by Gasteiger charge is 2.17. The Morgan fingerprint density at radius 3 is 2.36 bits per heavy atom. The highest BCUT2D eigenvalue weighted by Crippen LogP contribution is 2.29. The summed E-state index contributed by atoms with van der Waals surface area (Å²) in [5.74, 6) is 1.47. The number of nitrogens with two attached hydrogens (primary N) is 1. The van der Waals surface area contributed by atoms with Gasteiger partial charge in [0.1, 0.15) is 11.3 Å². The number of nitrogens with one attached hydrogen (secondary N) is 1. The van der Waals surface area contributed by atoms with Crippen molar-refractivity contribution in [1.82, 2.24) is 19.3 Å². The quantitative estimate of drug-likeness (QED) is 0.229. The molecule has 0 aliphatic rings. The van der Waals surface area contributed by atoms with Gasteiger partial charge < -0.3 is 10.3 Å². The Kier molecular flexibility index (Phi) is 8.59. The fraction of sp³-hybridized carbons (Fsp3) is 0.429. The van der Waals surface area contributed by atoms with Gasteiger partial charge in [-0.3, -0.25) is 0 Å². The van der Waals surface area contributed by atoms with Gasteiger partial charge in [-0.15, -0.1) is 0 Å². The number of pyridine rings is 1. The third kappa shape index (κ3) is 5.87. The first-order chi connectivity index (χ1) is 17.4. The second-order valence-electron chi connectivity index (χ2n) is 9.35. The van der Waals surface area contributed by atoms with Crippen LogP contribution in [0.15, 0.2) is 53.4 Å². The number of aryl methyl sites for hydroxylation is 3. The molecule has 0 spiro atoms. The monoisotopic (exact) mass is 507 g/mol. The van der Waals surface area contributed by atoms with Crippen molar-refractivity contribution in [3.63, 3.8) is 0 Å². The number of rotatable bonds is 13. The molecule has 0 saturated heterocycles. The molecule has 0 amide bonds. The summed E-state index contributed by atoms with van der Waals surface area (Å²) in [5.41, 5.74) is 10.1. The van der Waals surface area contributed by atoms with Gasteiger partial charge in [-0.25, -0.2) is 23.1 Å². The number of imidazole rings is 1. The van der Waals surface area contributed by atoms with Gasteiger partial charge in [-0.05, 0) is 55.9 Å². The Bertz CT molecular complexity index is 1410. The van der Waals surface area contributed by atoms with E-state index in [2.05, 4.69) is 34.2 Å². The number of anilines is 1. The molecule has 0 fully saturated rings. The van der Waals surface area contributed by atoms with Crippen LogP contribution in [0.25, 0.3) is 21.9 Å². The van der Waals surface area contributed by atoms with Crippen LogP contribution in [-0.2, 0) is 29.4 Å². The molecular formula is C28H37N5O2S. The fourth-order valence-electron chi connectivity index (χ4n) is 4.57. The lowest BCUT2D eigenvalue weighted by molar-refractivity contribution is 0.561. The number of sulfonamides is 1. The van der Waals surface area contributed by atoms with E-state index >= 15 is 0 Å². The highest BCUT2D eigenvalue weighted by molar-refractivity contribution is 7.89. The van der Waals surface area contributed by atoms with E-state index in [4.69, 9.17) is 10.7 Å². The first-order valence-corrected chi connectivity index (χ1v) is 14.5. The molecule has 0 radical (unpaired) electrons. The molecule has 0 bridgehead atoms. The van der Waals surface area contributed by atoms with Crippen LogP contribution >= 0.6 is 0 Å². The van der Waals surface area contributed by atoms with Crippen LogP contribution in [0.3, 0.4) is 0 Å². The summed E-state index contributed by atoms with van der Waals surface area (Å²) < 4.78 is 30.5. The summed E-state index contributed by atoms with van der Waals surface area (Å²) in [6, 6.07) is 15.2. The summed E-state index contributed by atoms with van der Waals surface area (Å²) in [6.45, 7) is 5.46. The maximum absolute atomic E-state index is 12.7.